The highest BCUT2D eigenvalue weighted by Gasteiger charge is 2.30. The van der Waals surface area contributed by atoms with Crippen LogP contribution in [0.25, 0.3) is 0 Å². The van der Waals surface area contributed by atoms with Crippen LogP contribution in [0.5, 0.6) is 0 Å². The molecule has 0 aliphatic carbocycles. The molecule has 0 spiro atoms. The molecule has 1 rings (SSSR count). The zero-order valence-corrected chi connectivity index (χ0v) is 10.3. The molecule has 0 aromatic rings. The quantitative estimate of drug-likeness (QED) is 0.548. The van der Waals surface area contributed by atoms with Gasteiger partial charge in [-0.15, -0.1) is 6.58 Å². The van der Waals surface area contributed by atoms with E-state index in [0.29, 0.717) is 6.10 Å². The van der Waals surface area contributed by atoms with Crippen LogP contribution in [-0.4, -0.2) is 49.3 Å². The summed E-state index contributed by atoms with van der Waals surface area (Å²) in [6.07, 6.45) is 2.24. The van der Waals surface area contributed by atoms with Crippen LogP contribution in [-0.2, 0) is 4.74 Å². The third-order valence-electron chi connectivity index (χ3n) is 2.53. The third kappa shape index (κ3) is 4.78. The first-order valence-electron chi connectivity index (χ1n) is 5.75. The summed E-state index contributed by atoms with van der Waals surface area (Å²) in [6.45, 7) is 15.2. The molecule has 0 radical (unpaired) electrons. The summed E-state index contributed by atoms with van der Waals surface area (Å²) in [5.41, 5.74) is -0.00387. The van der Waals surface area contributed by atoms with Crippen LogP contribution in [0.2, 0.25) is 0 Å². The van der Waals surface area contributed by atoms with E-state index in [1.54, 1.807) is 0 Å². The molecule has 1 fully saturated rings. The van der Waals surface area contributed by atoms with Crippen molar-refractivity contribution in [2.24, 2.45) is 0 Å². The SMILES string of the molecule is C=CCNCCN1CC(C)OC(C)(C)C1. The molecular weight excluding hydrogens is 188 g/mol. The largest absolute Gasteiger partial charge is 0.370 e. The first kappa shape index (κ1) is 12.7. The van der Waals surface area contributed by atoms with Gasteiger partial charge in [0.25, 0.3) is 0 Å². The fourth-order valence-corrected chi connectivity index (χ4v) is 2.20. The van der Waals surface area contributed by atoms with Crippen molar-refractivity contribution in [3.8, 4) is 0 Å². The second kappa shape index (κ2) is 5.64. The van der Waals surface area contributed by atoms with Crippen molar-refractivity contribution >= 4 is 0 Å². The molecule has 1 aliphatic heterocycles. The molecule has 0 aromatic heterocycles. The minimum absolute atomic E-state index is 0.00387. The van der Waals surface area contributed by atoms with E-state index in [0.717, 1.165) is 32.7 Å². The van der Waals surface area contributed by atoms with Crippen molar-refractivity contribution < 1.29 is 4.74 Å². The van der Waals surface area contributed by atoms with Crippen molar-refractivity contribution in [1.29, 1.82) is 0 Å². The van der Waals surface area contributed by atoms with Crippen molar-refractivity contribution in [3.05, 3.63) is 12.7 Å². The summed E-state index contributed by atoms with van der Waals surface area (Å²) in [7, 11) is 0. The Bertz CT molecular complexity index is 204. The van der Waals surface area contributed by atoms with Crippen LogP contribution < -0.4 is 5.32 Å². The van der Waals surface area contributed by atoms with Crippen LogP contribution in [0.1, 0.15) is 20.8 Å². The van der Waals surface area contributed by atoms with Crippen LogP contribution in [0.15, 0.2) is 12.7 Å². The van der Waals surface area contributed by atoms with E-state index in [1.807, 2.05) is 6.08 Å². The minimum Gasteiger partial charge on any atom is -0.370 e. The maximum absolute atomic E-state index is 5.85. The molecule has 3 heteroatoms. The van der Waals surface area contributed by atoms with Crippen molar-refractivity contribution in [2.45, 2.75) is 32.5 Å². The predicted molar refractivity (Wildman–Crippen MR) is 64.1 cm³/mol. The maximum Gasteiger partial charge on any atom is 0.0757 e. The van der Waals surface area contributed by atoms with Crippen LogP contribution in [0.3, 0.4) is 0 Å². The predicted octanol–water partition coefficient (Wildman–Crippen LogP) is 1.26. The third-order valence-corrected chi connectivity index (χ3v) is 2.53. The lowest BCUT2D eigenvalue weighted by Gasteiger charge is -2.41. The Labute approximate surface area is 93.5 Å². The average Bonchev–Trinajstić information content (AvgIpc) is 2.09. The molecule has 3 nitrogen and oxygen atoms in total. The van der Waals surface area contributed by atoms with Crippen LogP contribution in [0, 0.1) is 0 Å². The van der Waals surface area contributed by atoms with Gasteiger partial charge in [0.15, 0.2) is 0 Å². The van der Waals surface area contributed by atoms with Crippen LogP contribution >= 0.6 is 0 Å². The number of nitrogens with zero attached hydrogens (tertiary/aromatic N) is 1. The summed E-state index contributed by atoms with van der Waals surface area (Å²) < 4.78 is 5.85. The Morgan fingerprint density at radius 3 is 2.93 bits per heavy atom. The summed E-state index contributed by atoms with van der Waals surface area (Å²) in [5, 5.41) is 3.32. The first-order valence-corrected chi connectivity index (χ1v) is 5.75. The Morgan fingerprint density at radius 2 is 2.33 bits per heavy atom. The minimum atomic E-state index is -0.00387. The van der Waals surface area contributed by atoms with Gasteiger partial charge in [0.2, 0.25) is 0 Å². The fraction of sp³-hybridized carbons (Fsp3) is 0.833. The molecule has 1 N–H and O–H groups in total. The zero-order valence-electron chi connectivity index (χ0n) is 10.3. The lowest BCUT2D eigenvalue weighted by molar-refractivity contribution is -0.128. The molecule has 1 atom stereocenters. The Kier molecular flexibility index (Phi) is 4.77. The summed E-state index contributed by atoms with van der Waals surface area (Å²) in [5.74, 6) is 0. The van der Waals surface area contributed by atoms with Gasteiger partial charge < -0.3 is 10.1 Å². The molecule has 15 heavy (non-hydrogen) atoms. The highest BCUT2D eigenvalue weighted by atomic mass is 16.5. The summed E-state index contributed by atoms with van der Waals surface area (Å²) in [4.78, 5) is 2.46. The zero-order chi connectivity index (χ0) is 11.3. The molecule has 0 bridgehead atoms. The lowest BCUT2D eigenvalue weighted by Crippen LogP contribution is -2.53. The number of hydrogen-bond acceptors (Lipinski definition) is 3. The number of rotatable bonds is 5. The standard InChI is InChI=1S/C12H24N2O/c1-5-6-13-7-8-14-9-11(2)15-12(3,4)10-14/h5,11,13H,1,6-10H2,2-4H3. The Morgan fingerprint density at radius 1 is 1.60 bits per heavy atom. The Hall–Kier alpha value is -0.380. The van der Waals surface area contributed by atoms with Gasteiger partial charge in [0, 0.05) is 32.7 Å². The topological polar surface area (TPSA) is 24.5 Å². The molecule has 1 saturated heterocycles. The molecule has 0 saturated carbocycles. The van der Waals surface area contributed by atoms with Gasteiger partial charge in [-0.05, 0) is 20.8 Å². The van der Waals surface area contributed by atoms with E-state index in [2.05, 4.69) is 37.6 Å². The van der Waals surface area contributed by atoms with E-state index in [-0.39, 0.29) is 5.60 Å². The van der Waals surface area contributed by atoms with Gasteiger partial charge in [0.05, 0.1) is 11.7 Å². The molecule has 1 aliphatic rings. The lowest BCUT2D eigenvalue weighted by atomic mass is 10.1. The van der Waals surface area contributed by atoms with E-state index >= 15 is 0 Å². The normalized spacial score (nSPS) is 26.5. The van der Waals surface area contributed by atoms with Gasteiger partial charge in [-0.1, -0.05) is 6.08 Å². The van der Waals surface area contributed by atoms with Gasteiger partial charge in [-0.2, -0.15) is 0 Å². The highest BCUT2D eigenvalue weighted by Crippen LogP contribution is 2.19. The summed E-state index contributed by atoms with van der Waals surface area (Å²) in [6, 6.07) is 0. The van der Waals surface area contributed by atoms with Gasteiger partial charge in [-0.25, -0.2) is 0 Å². The number of hydrogen-bond donors (Lipinski definition) is 1. The molecule has 1 heterocycles. The van der Waals surface area contributed by atoms with E-state index in [4.69, 9.17) is 4.74 Å². The van der Waals surface area contributed by atoms with E-state index < -0.39 is 0 Å². The van der Waals surface area contributed by atoms with Crippen LogP contribution in [0.4, 0.5) is 0 Å². The fourth-order valence-electron chi connectivity index (χ4n) is 2.20. The first-order chi connectivity index (χ1) is 7.03. The second-order valence-electron chi connectivity index (χ2n) is 4.92. The average molecular weight is 212 g/mol. The van der Waals surface area contributed by atoms with Crippen molar-refractivity contribution in [1.82, 2.24) is 10.2 Å². The smallest absolute Gasteiger partial charge is 0.0757 e. The molecule has 0 aromatic carbocycles. The van der Waals surface area contributed by atoms with Gasteiger partial charge in [0.1, 0.15) is 0 Å². The van der Waals surface area contributed by atoms with Gasteiger partial charge >= 0.3 is 0 Å². The molecule has 1 unspecified atom stereocenters. The van der Waals surface area contributed by atoms with E-state index in [9.17, 15) is 0 Å². The monoisotopic (exact) mass is 212 g/mol. The number of ether oxygens (including phenoxy) is 1. The molecule has 88 valence electrons. The van der Waals surface area contributed by atoms with Crippen molar-refractivity contribution in [2.75, 3.05) is 32.7 Å². The second-order valence-corrected chi connectivity index (χ2v) is 4.92. The maximum atomic E-state index is 5.85. The van der Waals surface area contributed by atoms with Gasteiger partial charge in [-0.3, -0.25) is 4.90 Å². The van der Waals surface area contributed by atoms with E-state index in [1.165, 1.54) is 0 Å². The number of morpholine rings is 1. The highest BCUT2D eigenvalue weighted by molar-refractivity contribution is 4.82. The number of nitrogens with one attached hydrogen (secondary N) is 1. The van der Waals surface area contributed by atoms with Crippen molar-refractivity contribution in [3.63, 3.8) is 0 Å². The molecule has 0 amide bonds. The summed E-state index contributed by atoms with van der Waals surface area (Å²) >= 11 is 0. The Balaban J connectivity index is 2.26. The molecular formula is C12H24N2O.